The number of nitrogens with one attached hydrogen (secondary N) is 1. The first-order chi connectivity index (χ1) is 13.9. The molecule has 1 aliphatic heterocycles. The average molecular weight is 432 g/mol. The van der Waals surface area contributed by atoms with E-state index in [1.54, 1.807) is 28.5 Å². The Morgan fingerprint density at radius 2 is 1.86 bits per heavy atom. The smallest absolute Gasteiger partial charge is 0.246 e. The standard InChI is InChI=1S/C21H25N3O3S2/c1-29(26,27)23-17-11-9-15(10-12-17)18-14-19(20-8-5-13-28-20)24(22-18)21(25)16-6-3-2-4-7-16/h5,8-13,16,19,23H,2-4,6-7,14H2,1H3/t19-/m1/s1. The molecule has 2 aromatic rings. The Morgan fingerprint density at radius 1 is 1.14 bits per heavy atom. The molecule has 1 atom stereocenters. The fourth-order valence-corrected chi connectivity index (χ4v) is 5.45. The lowest BCUT2D eigenvalue weighted by molar-refractivity contribution is -0.138. The zero-order valence-electron chi connectivity index (χ0n) is 16.4. The summed E-state index contributed by atoms with van der Waals surface area (Å²) >= 11 is 1.65. The molecule has 4 rings (SSSR count). The van der Waals surface area contributed by atoms with Gasteiger partial charge in [-0.2, -0.15) is 5.10 Å². The zero-order valence-corrected chi connectivity index (χ0v) is 18.0. The van der Waals surface area contributed by atoms with Crippen molar-refractivity contribution in [1.82, 2.24) is 5.01 Å². The number of benzene rings is 1. The van der Waals surface area contributed by atoms with Gasteiger partial charge in [-0.05, 0) is 42.0 Å². The number of anilines is 1. The topological polar surface area (TPSA) is 78.8 Å². The number of amides is 1. The van der Waals surface area contributed by atoms with E-state index >= 15 is 0 Å². The summed E-state index contributed by atoms with van der Waals surface area (Å²) < 4.78 is 25.3. The maximum Gasteiger partial charge on any atom is 0.246 e. The molecular formula is C21H25N3O3S2. The van der Waals surface area contributed by atoms with Crippen LogP contribution in [0.4, 0.5) is 5.69 Å². The third-order valence-electron chi connectivity index (χ3n) is 5.48. The summed E-state index contributed by atoms with van der Waals surface area (Å²) in [6, 6.07) is 11.2. The fourth-order valence-electron chi connectivity index (χ4n) is 4.07. The molecule has 1 amide bonds. The van der Waals surface area contributed by atoms with E-state index in [2.05, 4.69) is 10.8 Å². The molecular weight excluding hydrogens is 406 g/mol. The minimum absolute atomic E-state index is 0.0618. The van der Waals surface area contributed by atoms with Gasteiger partial charge < -0.3 is 0 Å². The lowest BCUT2D eigenvalue weighted by atomic mass is 9.88. The summed E-state index contributed by atoms with van der Waals surface area (Å²) in [4.78, 5) is 14.4. The van der Waals surface area contributed by atoms with Gasteiger partial charge in [0.25, 0.3) is 0 Å². The average Bonchev–Trinajstić information content (AvgIpc) is 3.37. The van der Waals surface area contributed by atoms with Crippen molar-refractivity contribution in [2.24, 2.45) is 11.0 Å². The van der Waals surface area contributed by atoms with Gasteiger partial charge in [0, 0.05) is 22.9 Å². The van der Waals surface area contributed by atoms with Crippen LogP contribution in [0.25, 0.3) is 0 Å². The van der Waals surface area contributed by atoms with E-state index in [1.165, 1.54) is 6.42 Å². The van der Waals surface area contributed by atoms with Crippen molar-refractivity contribution in [2.45, 2.75) is 44.6 Å². The number of nitrogens with zero attached hydrogens (tertiary/aromatic N) is 2. The van der Waals surface area contributed by atoms with Crippen LogP contribution in [0.15, 0.2) is 46.9 Å². The van der Waals surface area contributed by atoms with Crippen LogP contribution in [-0.4, -0.2) is 31.3 Å². The van der Waals surface area contributed by atoms with Gasteiger partial charge in [-0.15, -0.1) is 11.3 Å². The van der Waals surface area contributed by atoms with Crippen molar-refractivity contribution in [3.8, 4) is 0 Å². The van der Waals surface area contributed by atoms with Crippen molar-refractivity contribution in [3.05, 3.63) is 52.2 Å². The van der Waals surface area contributed by atoms with Gasteiger partial charge in [0.2, 0.25) is 15.9 Å². The second-order valence-electron chi connectivity index (χ2n) is 7.75. The van der Waals surface area contributed by atoms with Gasteiger partial charge >= 0.3 is 0 Å². The molecule has 0 spiro atoms. The fraction of sp³-hybridized carbons (Fsp3) is 0.429. The summed E-state index contributed by atoms with van der Waals surface area (Å²) in [5.41, 5.74) is 2.28. The SMILES string of the molecule is CS(=O)(=O)Nc1ccc(C2=NN(C(=O)C3CCCCC3)[C@@H](c3cccs3)C2)cc1. The van der Waals surface area contributed by atoms with E-state index in [0.29, 0.717) is 12.1 Å². The molecule has 8 heteroatoms. The minimum atomic E-state index is -3.31. The Hall–Kier alpha value is -2.19. The number of carbonyl (C=O) groups excluding carboxylic acids is 1. The van der Waals surface area contributed by atoms with Gasteiger partial charge in [0.1, 0.15) is 0 Å². The molecule has 1 fully saturated rings. The Labute approximate surface area is 175 Å². The first kappa shape index (κ1) is 20.1. The van der Waals surface area contributed by atoms with Crippen LogP contribution in [0.3, 0.4) is 0 Å². The number of hydrogen-bond acceptors (Lipinski definition) is 5. The number of sulfonamides is 1. The summed E-state index contributed by atoms with van der Waals surface area (Å²) in [6.45, 7) is 0. The van der Waals surface area contributed by atoms with Gasteiger partial charge in [0.15, 0.2) is 0 Å². The van der Waals surface area contributed by atoms with Crippen molar-refractivity contribution < 1.29 is 13.2 Å². The van der Waals surface area contributed by atoms with Gasteiger partial charge in [0.05, 0.1) is 18.0 Å². The van der Waals surface area contributed by atoms with Crippen LogP contribution >= 0.6 is 11.3 Å². The molecule has 1 N–H and O–H groups in total. The van der Waals surface area contributed by atoms with Crippen molar-refractivity contribution in [2.75, 3.05) is 11.0 Å². The van der Waals surface area contributed by atoms with Crippen LogP contribution in [0.1, 0.15) is 55.0 Å². The molecule has 1 saturated carbocycles. The lowest BCUT2D eigenvalue weighted by Gasteiger charge is -2.27. The highest BCUT2D eigenvalue weighted by atomic mass is 32.2. The molecule has 154 valence electrons. The van der Waals surface area contributed by atoms with Crippen molar-refractivity contribution >= 4 is 38.7 Å². The van der Waals surface area contributed by atoms with Crippen LogP contribution < -0.4 is 4.72 Å². The summed E-state index contributed by atoms with van der Waals surface area (Å²) in [7, 11) is -3.31. The lowest BCUT2D eigenvalue weighted by Crippen LogP contribution is -2.33. The molecule has 1 aromatic heterocycles. The van der Waals surface area contributed by atoms with Crippen LogP contribution in [0, 0.1) is 5.92 Å². The van der Waals surface area contributed by atoms with E-state index in [9.17, 15) is 13.2 Å². The number of thiophene rings is 1. The number of hydrazone groups is 1. The minimum Gasteiger partial charge on any atom is -0.284 e. The maximum atomic E-state index is 13.2. The molecule has 0 unspecified atom stereocenters. The monoisotopic (exact) mass is 431 g/mol. The first-order valence-corrected chi connectivity index (χ1v) is 12.7. The zero-order chi connectivity index (χ0) is 20.4. The van der Waals surface area contributed by atoms with E-state index in [0.717, 1.165) is 48.1 Å². The number of carbonyl (C=O) groups is 1. The Bertz CT molecular complexity index is 992. The molecule has 2 aliphatic rings. The van der Waals surface area contributed by atoms with Crippen LogP contribution in [0.2, 0.25) is 0 Å². The predicted octanol–water partition coefficient (Wildman–Crippen LogP) is 4.38. The highest BCUT2D eigenvalue weighted by Crippen LogP contribution is 2.38. The Balaban J connectivity index is 1.59. The second kappa shape index (κ2) is 8.28. The third-order valence-corrected chi connectivity index (χ3v) is 7.06. The number of rotatable bonds is 5. The predicted molar refractivity (Wildman–Crippen MR) is 117 cm³/mol. The van der Waals surface area contributed by atoms with Crippen LogP contribution in [0.5, 0.6) is 0 Å². The molecule has 1 aliphatic carbocycles. The molecule has 0 saturated heterocycles. The largest absolute Gasteiger partial charge is 0.284 e. The highest BCUT2D eigenvalue weighted by molar-refractivity contribution is 7.92. The summed E-state index contributed by atoms with van der Waals surface area (Å²) in [5, 5.41) is 8.48. The maximum absolute atomic E-state index is 13.2. The second-order valence-corrected chi connectivity index (χ2v) is 10.5. The van der Waals surface area contributed by atoms with Gasteiger partial charge in [-0.25, -0.2) is 13.4 Å². The molecule has 2 heterocycles. The molecule has 0 bridgehead atoms. The van der Waals surface area contributed by atoms with Gasteiger partial charge in [-0.1, -0.05) is 37.5 Å². The van der Waals surface area contributed by atoms with Gasteiger partial charge in [-0.3, -0.25) is 9.52 Å². The summed E-state index contributed by atoms with van der Waals surface area (Å²) in [5.74, 6) is 0.198. The quantitative estimate of drug-likeness (QED) is 0.763. The normalized spacial score (nSPS) is 20.5. The Morgan fingerprint density at radius 3 is 2.48 bits per heavy atom. The first-order valence-electron chi connectivity index (χ1n) is 9.93. The summed E-state index contributed by atoms with van der Waals surface area (Å²) in [6.07, 6.45) is 7.12. The van der Waals surface area contributed by atoms with Crippen molar-refractivity contribution in [3.63, 3.8) is 0 Å². The van der Waals surface area contributed by atoms with Crippen molar-refractivity contribution in [1.29, 1.82) is 0 Å². The van der Waals surface area contributed by atoms with E-state index in [1.807, 2.05) is 23.6 Å². The molecule has 29 heavy (non-hydrogen) atoms. The molecule has 0 radical (unpaired) electrons. The molecule has 1 aromatic carbocycles. The third kappa shape index (κ3) is 4.70. The number of hydrogen-bond donors (Lipinski definition) is 1. The van der Waals surface area contributed by atoms with Crippen LogP contribution in [-0.2, 0) is 14.8 Å². The van der Waals surface area contributed by atoms with E-state index in [4.69, 9.17) is 5.10 Å². The van der Waals surface area contributed by atoms with E-state index in [-0.39, 0.29) is 17.9 Å². The van der Waals surface area contributed by atoms with E-state index < -0.39 is 10.0 Å². The highest BCUT2D eigenvalue weighted by Gasteiger charge is 2.37. The Kier molecular flexibility index (Phi) is 5.74. The molecule has 6 nitrogen and oxygen atoms in total.